The van der Waals surface area contributed by atoms with Crippen LogP contribution in [0.15, 0.2) is 134 Å². The van der Waals surface area contributed by atoms with Crippen molar-refractivity contribution >= 4 is 17.9 Å². The second-order valence-corrected chi connectivity index (χ2v) is 17.0. The molecule has 0 aliphatic carbocycles. The number of carbonyl (C=O) groups is 3. The Kier molecular flexibility index (Phi) is 50.6. The second-order valence-electron chi connectivity index (χ2n) is 17.0. The van der Waals surface area contributed by atoms with E-state index in [1.807, 2.05) is 0 Å². The minimum absolute atomic E-state index is 0.128. The van der Waals surface area contributed by atoms with E-state index in [9.17, 15) is 14.4 Å². The van der Waals surface area contributed by atoms with Crippen LogP contribution in [0, 0.1) is 0 Å². The van der Waals surface area contributed by atoms with E-state index < -0.39 is 6.10 Å². The smallest absolute Gasteiger partial charge is 0.306 e. The Hall–Kier alpha value is -4.45. The van der Waals surface area contributed by atoms with Crippen LogP contribution >= 0.6 is 0 Å². The van der Waals surface area contributed by atoms with Gasteiger partial charge in [-0.1, -0.05) is 187 Å². The van der Waals surface area contributed by atoms with Gasteiger partial charge in [-0.15, -0.1) is 0 Å². The summed E-state index contributed by atoms with van der Waals surface area (Å²) in [5, 5.41) is 0. The topological polar surface area (TPSA) is 78.9 Å². The van der Waals surface area contributed by atoms with Crippen LogP contribution in [0.4, 0.5) is 0 Å². The quantitative estimate of drug-likeness (QED) is 0.0262. The summed E-state index contributed by atoms with van der Waals surface area (Å²) < 4.78 is 16.7. The fourth-order valence-corrected chi connectivity index (χ4v) is 6.60. The van der Waals surface area contributed by atoms with E-state index in [1.165, 1.54) is 51.4 Å². The lowest BCUT2D eigenvalue weighted by Crippen LogP contribution is -2.30. The molecule has 0 aromatic rings. The number of unbranched alkanes of at least 4 members (excludes halogenated alkanes) is 13. The van der Waals surface area contributed by atoms with Gasteiger partial charge in [-0.25, -0.2) is 0 Å². The molecule has 0 bridgehead atoms. The summed E-state index contributed by atoms with van der Waals surface area (Å²) in [4.78, 5) is 38.0. The third-order valence-electron chi connectivity index (χ3n) is 10.6. The monoisotopic (exact) mass is 925 g/mol. The van der Waals surface area contributed by atoms with Gasteiger partial charge in [0.2, 0.25) is 0 Å². The molecule has 0 aliphatic heterocycles. The fraction of sp³-hybridized carbons (Fsp3) is 0.590. The number of ether oxygens (including phenoxy) is 3. The molecule has 0 aliphatic rings. The van der Waals surface area contributed by atoms with E-state index >= 15 is 0 Å². The highest BCUT2D eigenvalue weighted by atomic mass is 16.6. The molecule has 67 heavy (non-hydrogen) atoms. The first-order chi connectivity index (χ1) is 33.0. The van der Waals surface area contributed by atoms with Gasteiger partial charge in [0.25, 0.3) is 0 Å². The number of hydrogen-bond acceptors (Lipinski definition) is 6. The van der Waals surface area contributed by atoms with E-state index in [4.69, 9.17) is 14.2 Å². The van der Waals surface area contributed by atoms with Crippen molar-refractivity contribution < 1.29 is 28.6 Å². The summed E-state index contributed by atoms with van der Waals surface area (Å²) >= 11 is 0. The molecule has 0 heterocycles. The lowest BCUT2D eigenvalue weighted by molar-refractivity contribution is -0.167. The molecular weight excluding hydrogens is 829 g/mol. The standard InChI is InChI=1S/C61H96O6/c1-4-7-10-13-16-19-22-25-28-29-30-31-34-36-39-42-45-48-51-54-60(63)66-57-58(67-61(64)55-52-49-46-43-40-37-33-27-24-21-18-15-12-9-6-3)56-65-59(62)53-50-47-44-41-38-35-32-26-23-20-17-14-11-8-5-2/h9,12,16-21,25-28,30-33,36,38-41,43,58H,4-8,10-11,13-15,22-24,29,34-35,37,42,44-57H2,1-3H3/b12-9-,19-16-,20-17-,21-18-,28-25-,31-30-,32-26-,33-27-,39-36-,41-38-,43-40-/t58-/m1/s1. The minimum Gasteiger partial charge on any atom is -0.462 e. The van der Waals surface area contributed by atoms with Gasteiger partial charge in [0.05, 0.1) is 0 Å². The molecule has 0 fully saturated rings. The average Bonchev–Trinajstić information content (AvgIpc) is 3.33. The van der Waals surface area contributed by atoms with Crippen molar-refractivity contribution in [2.24, 2.45) is 0 Å². The van der Waals surface area contributed by atoms with Crippen LogP contribution in [0.3, 0.4) is 0 Å². The first kappa shape index (κ1) is 62.5. The zero-order valence-electron chi connectivity index (χ0n) is 42.9. The normalized spacial score (nSPS) is 13.2. The van der Waals surface area contributed by atoms with Gasteiger partial charge < -0.3 is 14.2 Å². The van der Waals surface area contributed by atoms with Crippen molar-refractivity contribution in [1.82, 2.24) is 0 Å². The molecule has 0 unspecified atom stereocenters. The van der Waals surface area contributed by atoms with Crippen LogP contribution in [0.1, 0.15) is 213 Å². The maximum Gasteiger partial charge on any atom is 0.306 e. The lowest BCUT2D eigenvalue weighted by Gasteiger charge is -2.18. The van der Waals surface area contributed by atoms with Crippen molar-refractivity contribution in [3.05, 3.63) is 134 Å². The summed E-state index contributed by atoms with van der Waals surface area (Å²) in [7, 11) is 0. The Morgan fingerprint density at radius 3 is 0.910 bits per heavy atom. The molecule has 0 saturated carbocycles. The maximum atomic E-state index is 12.8. The Labute approximate surface area is 411 Å². The van der Waals surface area contributed by atoms with E-state index in [2.05, 4.69) is 154 Å². The van der Waals surface area contributed by atoms with Crippen molar-refractivity contribution in [2.45, 2.75) is 219 Å². The largest absolute Gasteiger partial charge is 0.462 e. The van der Waals surface area contributed by atoms with Crippen LogP contribution in [0.2, 0.25) is 0 Å². The number of allylic oxidation sites excluding steroid dienone is 22. The Morgan fingerprint density at radius 1 is 0.313 bits per heavy atom. The van der Waals surface area contributed by atoms with Gasteiger partial charge in [-0.2, -0.15) is 0 Å². The van der Waals surface area contributed by atoms with Crippen LogP contribution in [0.25, 0.3) is 0 Å². The Bertz CT molecular complexity index is 1480. The number of carbonyl (C=O) groups excluding carboxylic acids is 3. The fourth-order valence-electron chi connectivity index (χ4n) is 6.60. The predicted molar refractivity (Wildman–Crippen MR) is 288 cm³/mol. The van der Waals surface area contributed by atoms with E-state index in [-0.39, 0.29) is 44.0 Å². The van der Waals surface area contributed by atoms with Crippen molar-refractivity contribution in [3.63, 3.8) is 0 Å². The summed E-state index contributed by atoms with van der Waals surface area (Å²) in [5.74, 6) is -1.05. The molecule has 0 aromatic carbocycles. The molecule has 0 aromatic heterocycles. The predicted octanol–water partition coefficient (Wildman–Crippen LogP) is 17.9. The van der Waals surface area contributed by atoms with Crippen LogP contribution < -0.4 is 0 Å². The molecule has 6 nitrogen and oxygen atoms in total. The van der Waals surface area contributed by atoms with Gasteiger partial charge in [-0.05, 0) is 141 Å². The molecular formula is C61H96O6. The van der Waals surface area contributed by atoms with Gasteiger partial charge in [0.15, 0.2) is 6.10 Å². The third kappa shape index (κ3) is 52.4. The SMILES string of the molecule is CC/C=C\C/C=C\C/C=C\C/C=C\CCCCC(=O)O[C@H](COC(=O)CCCC/C=C\C/C=C\C/C=C\CCCCC)COC(=O)CCCCC/C=C\C/C=C\C/C=C\C/C=C\CCCCC. The Balaban J connectivity index is 4.59. The zero-order chi connectivity index (χ0) is 48.6. The molecule has 0 rings (SSSR count). The molecule has 0 saturated heterocycles. The molecule has 6 heteroatoms. The summed E-state index contributed by atoms with van der Waals surface area (Å²) in [5.41, 5.74) is 0. The Morgan fingerprint density at radius 2 is 0.582 bits per heavy atom. The zero-order valence-corrected chi connectivity index (χ0v) is 42.9. The molecule has 0 N–H and O–H groups in total. The van der Waals surface area contributed by atoms with Crippen LogP contribution in [-0.4, -0.2) is 37.2 Å². The lowest BCUT2D eigenvalue weighted by atomic mass is 10.1. The van der Waals surface area contributed by atoms with Gasteiger partial charge in [0.1, 0.15) is 13.2 Å². The van der Waals surface area contributed by atoms with Crippen molar-refractivity contribution in [1.29, 1.82) is 0 Å². The highest BCUT2D eigenvalue weighted by Crippen LogP contribution is 2.11. The summed E-state index contributed by atoms with van der Waals surface area (Å²) in [6.07, 6.45) is 75.8. The van der Waals surface area contributed by atoms with Gasteiger partial charge in [0, 0.05) is 19.3 Å². The van der Waals surface area contributed by atoms with E-state index in [0.717, 1.165) is 109 Å². The molecule has 0 amide bonds. The minimum atomic E-state index is -0.834. The number of hydrogen-bond donors (Lipinski definition) is 0. The first-order valence-electron chi connectivity index (χ1n) is 26.7. The highest BCUT2D eigenvalue weighted by Gasteiger charge is 2.19. The first-order valence-corrected chi connectivity index (χ1v) is 26.7. The summed E-state index contributed by atoms with van der Waals surface area (Å²) in [6, 6.07) is 0. The van der Waals surface area contributed by atoms with E-state index in [1.54, 1.807) is 0 Å². The molecule has 0 spiro atoms. The molecule has 376 valence electrons. The van der Waals surface area contributed by atoms with Crippen molar-refractivity contribution in [3.8, 4) is 0 Å². The van der Waals surface area contributed by atoms with Gasteiger partial charge in [-0.3, -0.25) is 14.4 Å². The van der Waals surface area contributed by atoms with Crippen molar-refractivity contribution in [2.75, 3.05) is 13.2 Å². The highest BCUT2D eigenvalue weighted by molar-refractivity contribution is 5.71. The molecule has 0 radical (unpaired) electrons. The van der Waals surface area contributed by atoms with E-state index in [0.29, 0.717) is 19.3 Å². The summed E-state index contributed by atoms with van der Waals surface area (Å²) in [6.45, 7) is 6.35. The number of rotatable bonds is 46. The maximum absolute atomic E-state index is 12.8. The molecule has 1 atom stereocenters. The van der Waals surface area contributed by atoms with Gasteiger partial charge >= 0.3 is 17.9 Å². The van der Waals surface area contributed by atoms with Crippen LogP contribution in [-0.2, 0) is 28.6 Å². The average molecular weight is 925 g/mol. The number of esters is 3. The third-order valence-corrected chi connectivity index (χ3v) is 10.6. The second kappa shape index (κ2) is 54.2. The van der Waals surface area contributed by atoms with Crippen LogP contribution in [0.5, 0.6) is 0 Å².